The fourth-order valence-corrected chi connectivity index (χ4v) is 2.03. The minimum absolute atomic E-state index is 0.306. The fraction of sp³-hybridized carbons (Fsp3) is 0.909. The van der Waals surface area contributed by atoms with Crippen molar-refractivity contribution in [3.05, 3.63) is 0 Å². The second-order valence-corrected chi connectivity index (χ2v) is 4.68. The van der Waals surface area contributed by atoms with E-state index in [1.807, 2.05) is 0 Å². The molecule has 1 saturated carbocycles. The van der Waals surface area contributed by atoms with Crippen LogP contribution in [0.15, 0.2) is 0 Å². The minimum atomic E-state index is 0.306. The summed E-state index contributed by atoms with van der Waals surface area (Å²) in [6.45, 7) is 8.72. The fourth-order valence-electron chi connectivity index (χ4n) is 2.03. The number of hydrogen-bond acceptors (Lipinski definition) is 1. The van der Waals surface area contributed by atoms with E-state index in [1.54, 1.807) is 0 Å². The Morgan fingerprint density at radius 2 is 1.92 bits per heavy atom. The lowest BCUT2D eigenvalue weighted by molar-refractivity contribution is -0.128. The summed E-state index contributed by atoms with van der Waals surface area (Å²) >= 11 is 0. The summed E-state index contributed by atoms with van der Waals surface area (Å²) in [6, 6.07) is 0. The Kier molecular flexibility index (Phi) is 2.92. The van der Waals surface area contributed by atoms with Gasteiger partial charge in [-0.3, -0.25) is 4.79 Å². The molecule has 0 aromatic carbocycles. The van der Waals surface area contributed by atoms with E-state index in [9.17, 15) is 4.79 Å². The van der Waals surface area contributed by atoms with Crippen molar-refractivity contribution in [2.75, 3.05) is 0 Å². The first-order valence-electron chi connectivity index (χ1n) is 5.05. The third-order valence-corrected chi connectivity index (χ3v) is 3.44. The molecule has 1 nitrogen and oxygen atoms in total. The smallest absolute Gasteiger partial charge is 0.136 e. The molecule has 3 atom stereocenters. The van der Waals surface area contributed by atoms with Crippen LogP contribution in [-0.4, -0.2) is 5.78 Å². The maximum atomic E-state index is 11.5. The molecule has 3 unspecified atom stereocenters. The molecule has 0 N–H and O–H groups in total. The number of Topliss-reactive ketones (excluding diaryl/α,β-unsaturated/α-hetero) is 1. The molecular weight excluding hydrogens is 148 g/mol. The maximum absolute atomic E-state index is 11.5. The predicted octanol–water partition coefficient (Wildman–Crippen LogP) is 2.89. The van der Waals surface area contributed by atoms with Crippen molar-refractivity contribution in [3.63, 3.8) is 0 Å². The van der Waals surface area contributed by atoms with Gasteiger partial charge in [0.15, 0.2) is 0 Å². The van der Waals surface area contributed by atoms with Crippen molar-refractivity contribution in [2.45, 2.75) is 40.5 Å². The van der Waals surface area contributed by atoms with Crippen molar-refractivity contribution in [1.29, 1.82) is 0 Å². The van der Waals surface area contributed by atoms with Gasteiger partial charge in [0.05, 0.1) is 0 Å². The molecule has 70 valence electrons. The van der Waals surface area contributed by atoms with E-state index in [4.69, 9.17) is 0 Å². The van der Waals surface area contributed by atoms with E-state index in [-0.39, 0.29) is 0 Å². The van der Waals surface area contributed by atoms with Crippen LogP contribution in [0.2, 0.25) is 0 Å². The van der Waals surface area contributed by atoms with E-state index < -0.39 is 0 Å². The Bertz CT molecular complexity index is 172. The molecule has 0 aliphatic heterocycles. The second-order valence-electron chi connectivity index (χ2n) is 4.68. The van der Waals surface area contributed by atoms with Gasteiger partial charge in [0.2, 0.25) is 0 Å². The summed E-state index contributed by atoms with van der Waals surface area (Å²) in [4.78, 5) is 11.5. The first-order chi connectivity index (χ1) is 5.52. The lowest BCUT2D eigenvalue weighted by Gasteiger charge is -2.33. The van der Waals surface area contributed by atoms with Gasteiger partial charge >= 0.3 is 0 Å². The molecule has 1 aliphatic rings. The summed E-state index contributed by atoms with van der Waals surface area (Å²) in [6.07, 6.45) is 2.06. The summed E-state index contributed by atoms with van der Waals surface area (Å²) in [5.41, 5.74) is 0. The van der Waals surface area contributed by atoms with Gasteiger partial charge in [-0.2, -0.15) is 0 Å². The Labute approximate surface area is 75.5 Å². The van der Waals surface area contributed by atoms with Crippen LogP contribution >= 0.6 is 0 Å². The van der Waals surface area contributed by atoms with Gasteiger partial charge < -0.3 is 0 Å². The van der Waals surface area contributed by atoms with Crippen molar-refractivity contribution >= 4 is 5.78 Å². The molecule has 12 heavy (non-hydrogen) atoms. The first kappa shape index (κ1) is 9.76. The van der Waals surface area contributed by atoms with Crippen LogP contribution in [0.25, 0.3) is 0 Å². The highest BCUT2D eigenvalue weighted by atomic mass is 16.1. The van der Waals surface area contributed by atoms with Crippen molar-refractivity contribution < 1.29 is 4.79 Å². The summed E-state index contributed by atoms with van der Waals surface area (Å²) in [7, 11) is 0. The molecule has 1 aliphatic carbocycles. The third-order valence-electron chi connectivity index (χ3n) is 3.44. The van der Waals surface area contributed by atoms with Gasteiger partial charge in [0, 0.05) is 12.3 Å². The van der Waals surface area contributed by atoms with Crippen LogP contribution in [-0.2, 0) is 4.79 Å². The molecule has 0 spiro atoms. The van der Waals surface area contributed by atoms with E-state index in [0.29, 0.717) is 29.5 Å². The quantitative estimate of drug-likeness (QED) is 0.588. The molecule has 1 heteroatoms. The highest BCUT2D eigenvalue weighted by molar-refractivity contribution is 5.81. The van der Waals surface area contributed by atoms with Crippen LogP contribution in [0.3, 0.4) is 0 Å². The molecule has 1 fully saturated rings. The largest absolute Gasteiger partial charge is 0.299 e. The molecular formula is C11H20O. The van der Waals surface area contributed by atoms with E-state index in [1.165, 1.54) is 6.42 Å². The van der Waals surface area contributed by atoms with E-state index in [0.717, 1.165) is 6.42 Å². The lowest BCUT2D eigenvalue weighted by Crippen LogP contribution is -2.31. The standard InChI is InChI=1S/C11H20O/c1-7(2)10-5-8(3)9(4)11(12)6-10/h7-10H,5-6H2,1-4H3. The number of rotatable bonds is 1. The zero-order chi connectivity index (χ0) is 9.30. The molecule has 0 bridgehead atoms. The van der Waals surface area contributed by atoms with Crippen molar-refractivity contribution in [1.82, 2.24) is 0 Å². The molecule has 0 aromatic heterocycles. The van der Waals surface area contributed by atoms with Gasteiger partial charge in [-0.05, 0) is 24.2 Å². The normalized spacial score (nSPS) is 37.4. The van der Waals surface area contributed by atoms with Crippen LogP contribution in [0.1, 0.15) is 40.5 Å². The molecule has 0 aromatic rings. The molecule has 0 radical (unpaired) electrons. The van der Waals surface area contributed by atoms with Gasteiger partial charge in [0.25, 0.3) is 0 Å². The van der Waals surface area contributed by atoms with Crippen molar-refractivity contribution in [2.24, 2.45) is 23.7 Å². The monoisotopic (exact) mass is 168 g/mol. The van der Waals surface area contributed by atoms with Gasteiger partial charge in [-0.15, -0.1) is 0 Å². The number of carbonyl (C=O) groups excluding carboxylic acids is 1. The molecule has 0 saturated heterocycles. The highest BCUT2D eigenvalue weighted by Crippen LogP contribution is 2.34. The zero-order valence-corrected chi connectivity index (χ0v) is 8.63. The van der Waals surface area contributed by atoms with Crippen LogP contribution in [0.4, 0.5) is 0 Å². The Hall–Kier alpha value is -0.330. The zero-order valence-electron chi connectivity index (χ0n) is 8.63. The van der Waals surface area contributed by atoms with Crippen LogP contribution in [0, 0.1) is 23.7 Å². The second kappa shape index (κ2) is 3.59. The van der Waals surface area contributed by atoms with E-state index in [2.05, 4.69) is 27.7 Å². The average Bonchev–Trinajstić information content (AvgIpc) is 1.99. The first-order valence-corrected chi connectivity index (χ1v) is 5.05. The average molecular weight is 168 g/mol. The number of carbonyl (C=O) groups is 1. The topological polar surface area (TPSA) is 17.1 Å². The Morgan fingerprint density at radius 3 is 2.33 bits per heavy atom. The predicted molar refractivity (Wildman–Crippen MR) is 50.9 cm³/mol. The van der Waals surface area contributed by atoms with Crippen molar-refractivity contribution in [3.8, 4) is 0 Å². The van der Waals surface area contributed by atoms with Gasteiger partial charge in [0.1, 0.15) is 5.78 Å². The minimum Gasteiger partial charge on any atom is -0.299 e. The lowest BCUT2D eigenvalue weighted by atomic mass is 9.71. The maximum Gasteiger partial charge on any atom is 0.136 e. The Balaban J connectivity index is 2.59. The number of ketones is 1. The SMILES string of the molecule is CC(C)C1CC(=O)C(C)C(C)C1. The highest BCUT2D eigenvalue weighted by Gasteiger charge is 2.32. The summed E-state index contributed by atoms with van der Waals surface area (Å²) in [5.74, 6) is 2.69. The van der Waals surface area contributed by atoms with Gasteiger partial charge in [-0.25, -0.2) is 0 Å². The third kappa shape index (κ3) is 1.88. The van der Waals surface area contributed by atoms with E-state index >= 15 is 0 Å². The molecule has 1 rings (SSSR count). The van der Waals surface area contributed by atoms with Crippen LogP contribution in [0.5, 0.6) is 0 Å². The van der Waals surface area contributed by atoms with Gasteiger partial charge in [-0.1, -0.05) is 27.7 Å². The molecule has 0 heterocycles. The number of hydrogen-bond donors (Lipinski definition) is 0. The summed E-state index contributed by atoms with van der Waals surface area (Å²) in [5, 5.41) is 0. The Morgan fingerprint density at radius 1 is 1.33 bits per heavy atom. The van der Waals surface area contributed by atoms with Crippen LogP contribution < -0.4 is 0 Å². The molecule has 0 amide bonds. The summed E-state index contributed by atoms with van der Waals surface area (Å²) < 4.78 is 0.